The van der Waals surface area contributed by atoms with Crippen molar-refractivity contribution in [3.05, 3.63) is 88.4 Å². The second kappa shape index (κ2) is 9.74. The Bertz CT molecular complexity index is 1270. The molecule has 0 saturated carbocycles. The van der Waals surface area contributed by atoms with Crippen molar-refractivity contribution in [2.75, 3.05) is 25.0 Å². The van der Waals surface area contributed by atoms with Crippen LogP contribution in [0.5, 0.6) is 0 Å². The van der Waals surface area contributed by atoms with Crippen LogP contribution in [0.4, 0.5) is 11.4 Å². The van der Waals surface area contributed by atoms with Crippen molar-refractivity contribution in [3.63, 3.8) is 0 Å². The highest BCUT2D eigenvalue weighted by atomic mass is 35.5. The third-order valence-electron chi connectivity index (χ3n) is 5.70. The highest BCUT2D eigenvalue weighted by Crippen LogP contribution is 2.37. The molecule has 1 atom stereocenters. The van der Waals surface area contributed by atoms with Crippen molar-refractivity contribution in [1.29, 1.82) is 5.26 Å². The van der Waals surface area contributed by atoms with Gasteiger partial charge in [0.1, 0.15) is 9.92 Å². The molecular formula is C25H25ClN4OS. The molecule has 7 heteroatoms. The molecule has 0 amide bonds. The van der Waals surface area contributed by atoms with Gasteiger partial charge in [0.2, 0.25) is 0 Å². The van der Waals surface area contributed by atoms with E-state index in [0.717, 1.165) is 36.5 Å². The van der Waals surface area contributed by atoms with Crippen molar-refractivity contribution in [3.8, 4) is 6.07 Å². The lowest BCUT2D eigenvalue weighted by Crippen LogP contribution is -2.28. The molecule has 5 nitrogen and oxygen atoms in total. The minimum absolute atomic E-state index is 0.531. The van der Waals surface area contributed by atoms with Gasteiger partial charge >= 0.3 is 0 Å². The lowest BCUT2D eigenvalue weighted by Gasteiger charge is -2.27. The van der Waals surface area contributed by atoms with Gasteiger partial charge in [0.15, 0.2) is 0 Å². The molecule has 0 aliphatic carbocycles. The summed E-state index contributed by atoms with van der Waals surface area (Å²) in [5.74, 6) is 0. The Morgan fingerprint density at radius 2 is 1.78 bits per heavy atom. The van der Waals surface area contributed by atoms with E-state index in [1.807, 2.05) is 12.1 Å². The average molecular weight is 465 g/mol. The quantitative estimate of drug-likeness (QED) is 0.489. The zero-order chi connectivity index (χ0) is 22.6. The summed E-state index contributed by atoms with van der Waals surface area (Å²) in [6.07, 6.45) is 2.73. The molecule has 32 heavy (non-hydrogen) atoms. The van der Waals surface area contributed by atoms with Crippen molar-refractivity contribution >= 4 is 32.9 Å². The molecular weight excluding hydrogens is 440 g/mol. The molecule has 3 aromatic rings. The summed E-state index contributed by atoms with van der Waals surface area (Å²) in [5.41, 5.74) is 5.46. The smallest absolute Gasteiger partial charge is 0.137 e. The second-order valence-electron chi connectivity index (χ2n) is 7.65. The highest BCUT2D eigenvalue weighted by Gasteiger charge is 2.21. The van der Waals surface area contributed by atoms with Crippen LogP contribution in [0.1, 0.15) is 23.1 Å². The van der Waals surface area contributed by atoms with E-state index in [0.29, 0.717) is 17.0 Å². The lowest BCUT2D eigenvalue weighted by molar-refractivity contribution is 0.659. The average Bonchev–Trinajstić information content (AvgIpc) is 2.98. The Kier molecular flexibility index (Phi) is 6.80. The van der Waals surface area contributed by atoms with Crippen LogP contribution in [0.2, 0.25) is 5.02 Å². The van der Waals surface area contributed by atoms with E-state index in [9.17, 15) is 4.21 Å². The molecule has 0 radical (unpaired) electrons. The number of para-hydroxylation sites is 1. The number of aryl methyl sites for hydroxylation is 2. The number of hydrogen-bond donors (Lipinski definition) is 1. The van der Waals surface area contributed by atoms with Crippen molar-refractivity contribution in [2.24, 2.45) is 4.36 Å². The number of nitrogens with one attached hydrogen (secondary N) is 1. The van der Waals surface area contributed by atoms with Crippen LogP contribution in [0.25, 0.3) is 0 Å². The van der Waals surface area contributed by atoms with Gasteiger partial charge in [0.25, 0.3) is 0 Å². The van der Waals surface area contributed by atoms with E-state index in [1.54, 1.807) is 31.3 Å². The first-order valence-electron chi connectivity index (χ1n) is 10.6. The van der Waals surface area contributed by atoms with Gasteiger partial charge in [-0.05, 0) is 72.9 Å². The summed E-state index contributed by atoms with van der Waals surface area (Å²) in [7, 11) is -1.19. The molecule has 0 saturated heterocycles. The Balaban J connectivity index is 1.52. The molecule has 1 N–H and O–H groups in total. The van der Waals surface area contributed by atoms with E-state index in [4.69, 9.17) is 16.9 Å². The topological polar surface area (TPSA) is 68.5 Å². The fourth-order valence-electron chi connectivity index (χ4n) is 4.04. The second-order valence-corrected chi connectivity index (χ2v) is 10.3. The number of nitriles is 1. The summed E-state index contributed by atoms with van der Waals surface area (Å²) >= 11 is 6.34. The van der Waals surface area contributed by atoms with E-state index >= 15 is 0 Å². The zero-order valence-corrected chi connectivity index (χ0v) is 19.5. The fourth-order valence-corrected chi connectivity index (χ4v) is 5.64. The van der Waals surface area contributed by atoms with Gasteiger partial charge in [-0.1, -0.05) is 35.9 Å². The Morgan fingerprint density at radius 3 is 2.50 bits per heavy atom. The zero-order valence-electron chi connectivity index (χ0n) is 17.9. The predicted octanol–water partition coefficient (Wildman–Crippen LogP) is 5.50. The molecule has 1 heterocycles. The Hall–Kier alpha value is -2.85. The van der Waals surface area contributed by atoms with Crippen LogP contribution in [0.15, 0.2) is 76.0 Å². The molecule has 0 aromatic heterocycles. The highest BCUT2D eigenvalue weighted by molar-refractivity contribution is 7.91. The van der Waals surface area contributed by atoms with Crippen LogP contribution < -0.4 is 9.62 Å². The maximum Gasteiger partial charge on any atom is 0.137 e. The van der Waals surface area contributed by atoms with Crippen LogP contribution in [0, 0.1) is 11.3 Å². The van der Waals surface area contributed by atoms with E-state index in [2.05, 4.69) is 50.4 Å². The molecule has 3 aromatic carbocycles. The number of halogens is 1. The number of rotatable bonds is 6. The fraction of sp³-hybridized carbons (Fsp3) is 0.240. The Morgan fingerprint density at radius 1 is 1.06 bits per heavy atom. The minimum Gasteiger partial charge on any atom is -0.341 e. The summed E-state index contributed by atoms with van der Waals surface area (Å²) in [6, 6.07) is 23.4. The minimum atomic E-state index is -2.74. The number of hydrogen-bond acceptors (Lipinski definition) is 4. The molecule has 164 valence electrons. The third kappa shape index (κ3) is 4.66. The number of nitrogens with zero attached hydrogens (tertiary/aromatic N) is 3. The first-order valence-corrected chi connectivity index (χ1v) is 12.5. The van der Waals surface area contributed by atoms with Crippen molar-refractivity contribution < 1.29 is 4.21 Å². The van der Waals surface area contributed by atoms with Crippen LogP contribution in [0.3, 0.4) is 0 Å². The van der Waals surface area contributed by atoms with Gasteiger partial charge in [-0.2, -0.15) is 5.26 Å². The van der Waals surface area contributed by atoms with E-state index < -0.39 is 9.92 Å². The molecule has 1 aliphatic rings. The van der Waals surface area contributed by atoms with Crippen LogP contribution in [-0.4, -0.2) is 24.3 Å². The number of benzene rings is 3. The van der Waals surface area contributed by atoms with E-state index in [1.165, 1.54) is 16.8 Å². The summed E-state index contributed by atoms with van der Waals surface area (Å²) in [4.78, 5) is 2.90. The molecule has 0 spiro atoms. The van der Waals surface area contributed by atoms with Crippen LogP contribution >= 0.6 is 11.6 Å². The van der Waals surface area contributed by atoms with Crippen LogP contribution in [-0.2, 0) is 22.8 Å². The monoisotopic (exact) mass is 464 g/mol. The van der Waals surface area contributed by atoms with Gasteiger partial charge in [-0.25, -0.2) is 13.3 Å². The van der Waals surface area contributed by atoms with Gasteiger partial charge in [-0.15, -0.1) is 0 Å². The maximum atomic E-state index is 13.3. The van der Waals surface area contributed by atoms with Crippen molar-refractivity contribution in [1.82, 2.24) is 4.72 Å². The van der Waals surface area contributed by atoms with Gasteiger partial charge in [-0.3, -0.25) is 0 Å². The van der Waals surface area contributed by atoms with Gasteiger partial charge in [0, 0.05) is 36.5 Å². The molecule has 1 unspecified atom stereocenters. The summed E-state index contributed by atoms with van der Waals surface area (Å²) in [5, 5.41) is 9.71. The molecule has 1 aliphatic heterocycles. The van der Waals surface area contributed by atoms with Crippen molar-refractivity contribution in [2.45, 2.75) is 24.2 Å². The lowest BCUT2D eigenvalue weighted by atomic mass is 10.0. The number of fused-ring (bicyclic) bond motifs is 2. The number of anilines is 2. The summed E-state index contributed by atoms with van der Waals surface area (Å²) in [6.45, 7) is 1.29. The molecule has 0 bridgehead atoms. The predicted molar refractivity (Wildman–Crippen MR) is 131 cm³/mol. The molecule has 0 fully saturated rings. The summed E-state index contributed by atoms with van der Waals surface area (Å²) < 4.78 is 20.6. The normalized spacial score (nSPS) is 14.5. The first kappa shape index (κ1) is 22.3. The standard InChI is InChI=1S/C25H25ClN4OS/c1-28-32(31,23-13-7-19(18-27)8-14-23)29-15-4-16-30-24-6-3-2-5-20(24)9-10-21-11-12-22(26)17-25(21)30/h2-3,5-8,11-14,17H,4,9-10,15-16H2,1H3,(H,28,29,31). The molecule has 4 rings (SSSR count). The Labute approximate surface area is 195 Å². The third-order valence-corrected chi connectivity index (χ3v) is 7.96. The first-order chi connectivity index (χ1) is 15.5. The van der Waals surface area contributed by atoms with E-state index in [-0.39, 0.29) is 0 Å². The van der Waals surface area contributed by atoms with Gasteiger partial charge in [0.05, 0.1) is 16.5 Å². The largest absolute Gasteiger partial charge is 0.341 e. The van der Waals surface area contributed by atoms with Gasteiger partial charge < -0.3 is 4.90 Å². The maximum absolute atomic E-state index is 13.3. The SMILES string of the molecule is CN=S(=O)(NCCCN1c2ccccc2CCc2ccc(Cl)cc21)c1ccc(C#N)cc1.